The average molecular weight is 212 g/mol. The highest BCUT2D eigenvalue weighted by Crippen LogP contribution is 2.21. The standard InChI is InChI=1S/C13H24O2/c1-7-13(6,12(14)11(4)5)15-9-8-10(2)3/h10H,4,7-9H2,1-3,5-6H3. The van der Waals surface area contributed by atoms with Crippen molar-refractivity contribution in [1.82, 2.24) is 0 Å². The summed E-state index contributed by atoms with van der Waals surface area (Å²) in [5, 5.41) is 0. The van der Waals surface area contributed by atoms with Crippen molar-refractivity contribution in [1.29, 1.82) is 0 Å². The van der Waals surface area contributed by atoms with E-state index in [1.54, 1.807) is 6.92 Å². The van der Waals surface area contributed by atoms with Crippen molar-refractivity contribution in [2.24, 2.45) is 5.92 Å². The molecule has 1 atom stereocenters. The van der Waals surface area contributed by atoms with Crippen LogP contribution in [0.4, 0.5) is 0 Å². The molecule has 0 saturated carbocycles. The van der Waals surface area contributed by atoms with Gasteiger partial charge in [0.15, 0.2) is 5.78 Å². The van der Waals surface area contributed by atoms with E-state index in [0.29, 0.717) is 24.5 Å². The summed E-state index contributed by atoms with van der Waals surface area (Å²) in [6, 6.07) is 0. The first-order chi connectivity index (χ1) is 6.83. The zero-order valence-corrected chi connectivity index (χ0v) is 10.7. The van der Waals surface area contributed by atoms with Gasteiger partial charge in [0.05, 0.1) is 0 Å². The van der Waals surface area contributed by atoms with Crippen LogP contribution in [-0.2, 0) is 9.53 Å². The molecule has 2 heteroatoms. The Labute approximate surface area is 93.7 Å². The minimum atomic E-state index is -0.680. The minimum Gasteiger partial charge on any atom is -0.367 e. The van der Waals surface area contributed by atoms with E-state index in [0.717, 1.165) is 6.42 Å². The summed E-state index contributed by atoms with van der Waals surface area (Å²) >= 11 is 0. The van der Waals surface area contributed by atoms with E-state index < -0.39 is 5.60 Å². The molecular formula is C13H24O2. The summed E-state index contributed by atoms with van der Waals surface area (Å²) < 4.78 is 5.70. The molecule has 0 aliphatic heterocycles. The Hall–Kier alpha value is -0.630. The first-order valence-electron chi connectivity index (χ1n) is 5.67. The first kappa shape index (κ1) is 14.4. The Balaban J connectivity index is 4.31. The van der Waals surface area contributed by atoms with Gasteiger partial charge in [-0.25, -0.2) is 0 Å². The molecule has 0 rings (SSSR count). The second-order valence-electron chi connectivity index (χ2n) is 4.72. The molecule has 88 valence electrons. The van der Waals surface area contributed by atoms with Crippen molar-refractivity contribution in [2.45, 2.75) is 53.1 Å². The fraction of sp³-hybridized carbons (Fsp3) is 0.769. The van der Waals surface area contributed by atoms with Crippen LogP contribution in [0, 0.1) is 5.92 Å². The topological polar surface area (TPSA) is 26.3 Å². The van der Waals surface area contributed by atoms with Crippen LogP contribution in [0.25, 0.3) is 0 Å². The summed E-state index contributed by atoms with van der Waals surface area (Å²) in [6.45, 7) is 14.2. The molecule has 0 radical (unpaired) electrons. The molecule has 0 aromatic heterocycles. The smallest absolute Gasteiger partial charge is 0.189 e. The summed E-state index contributed by atoms with van der Waals surface area (Å²) in [7, 11) is 0. The molecule has 0 aliphatic rings. The summed E-state index contributed by atoms with van der Waals surface area (Å²) in [5.41, 5.74) is -0.107. The Morgan fingerprint density at radius 3 is 2.33 bits per heavy atom. The molecular weight excluding hydrogens is 188 g/mol. The van der Waals surface area contributed by atoms with Crippen molar-refractivity contribution in [3.8, 4) is 0 Å². The Morgan fingerprint density at radius 1 is 1.47 bits per heavy atom. The van der Waals surface area contributed by atoms with Crippen molar-refractivity contribution >= 4 is 5.78 Å². The van der Waals surface area contributed by atoms with E-state index in [-0.39, 0.29) is 5.78 Å². The monoisotopic (exact) mass is 212 g/mol. The van der Waals surface area contributed by atoms with E-state index in [9.17, 15) is 4.79 Å². The quantitative estimate of drug-likeness (QED) is 0.605. The molecule has 1 unspecified atom stereocenters. The van der Waals surface area contributed by atoms with Crippen LogP contribution in [0.5, 0.6) is 0 Å². The number of ether oxygens (including phenoxy) is 1. The van der Waals surface area contributed by atoms with Gasteiger partial charge in [0.1, 0.15) is 5.60 Å². The predicted octanol–water partition coefficient (Wildman–Crippen LogP) is 3.36. The van der Waals surface area contributed by atoms with Crippen molar-refractivity contribution in [2.75, 3.05) is 6.61 Å². The maximum absolute atomic E-state index is 11.8. The zero-order chi connectivity index (χ0) is 12.1. The number of ketones is 1. The SMILES string of the molecule is C=C(C)C(=O)C(C)(CC)OCCC(C)C. The molecule has 0 aromatic rings. The third-order valence-corrected chi connectivity index (χ3v) is 2.66. The van der Waals surface area contributed by atoms with Crippen molar-refractivity contribution in [3.05, 3.63) is 12.2 Å². The number of hydrogen-bond donors (Lipinski definition) is 0. The number of hydrogen-bond acceptors (Lipinski definition) is 2. The molecule has 0 N–H and O–H groups in total. The third kappa shape index (κ3) is 4.61. The number of carbonyl (C=O) groups excluding carboxylic acids is 1. The second-order valence-corrected chi connectivity index (χ2v) is 4.72. The van der Waals surface area contributed by atoms with Crippen LogP contribution in [-0.4, -0.2) is 18.0 Å². The van der Waals surface area contributed by atoms with Gasteiger partial charge in [0, 0.05) is 6.61 Å². The van der Waals surface area contributed by atoms with Gasteiger partial charge in [0.25, 0.3) is 0 Å². The van der Waals surface area contributed by atoms with Gasteiger partial charge >= 0.3 is 0 Å². The van der Waals surface area contributed by atoms with Crippen LogP contribution >= 0.6 is 0 Å². The van der Waals surface area contributed by atoms with Gasteiger partial charge in [-0.05, 0) is 38.2 Å². The Bertz CT molecular complexity index is 231. The highest BCUT2D eigenvalue weighted by atomic mass is 16.5. The van der Waals surface area contributed by atoms with Gasteiger partial charge < -0.3 is 4.74 Å². The average Bonchev–Trinajstić information content (AvgIpc) is 2.15. The minimum absolute atomic E-state index is 0.0220. The molecule has 0 amide bonds. The lowest BCUT2D eigenvalue weighted by Crippen LogP contribution is -2.38. The van der Waals surface area contributed by atoms with Crippen molar-refractivity contribution < 1.29 is 9.53 Å². The van der Waals surface area contributed by atoms with E-state index >= 15 is 0 Å². The molecule has 0 aliphatic carbocycles. The highest BCUT2D eigenvalue weighted by molar-refractivity contribution is 6.00. The molecule has 0 fully saturated rings. The van der Waals surface area contributed by atoms with E-state index in [1.807, 2.05) is 13.8 Å². The summed E-state index contributed by atoms with van der Waals surface area (Å²) in [6.07, 6.45) is 1.68. The van der Waals surface area contributed by atoms with E-state index in [2.05, 4.69) is 20.4 Å². The Morgan fingerprint density at radius 2 is 2.00 bits per heavy atom. The van der Waals surface area contributed by atoms with Crippen LogP contribution < -0.4 is 0 Å². The maximum atomic E-state index is 11.8. The highest BCUT2D eigenvalue weighted by Gasteiger charge is 2.32. The van der Waals surface area contributed by atoms with Gasteiger partial charge in [0.2, 0.25) is 0 Å². The first-order valence-corrected chi connectivity index (χ1v) is 5.67. The van der Waals surface area contributed by atoms with Gasteiger partial charge in [-0.1, -0.05) is 27.4 Å². The zero-order valence-electron chi connectivity index (χ0n) is 10.7. The van der Waals surface area contributed by atoms with Crippen LogP contribution in [0.1, 0.15) is 47.5 Å². The maximum Gasteiger partial charge on any atom is 0.189 e. The molecule has 0 saturated heterocycles. The molecule has 15 heavy (non-hydrogen) atoms. The van der Waals surface area contributed by atoms with Crippen LogP contribution in [0.2, 0.25) is 0 Å². The molecule has 0 heterocycles. The van der Waals surface area contributed by atoms with Crippen LogP contribution in [0.3, 0.4) is 0 Å². The second kappa shape index (κ2) is 6.06. The van der Waals surface area contributed by atoms with E-state index in [4.69, 9.17) is 4.74 Å². The fourth-order valence-corrected chi connectivity index (χ4v) is 1.30. The predicted molar refractivity (Wildman–Crippen MR) is 63.9 cm³/mol. The molecule has 0 bridgehead atoms. The molecule has 0 spiro atoms. The lowest BCUT2D eigenvalue weighted by Gasteiger charge is -2.27. The largest absolute Gasteiger partial charge is 0.367 e. The third-order valence-electron chi connectivity index (χ3n) is 2.66. The normalized spacial score (nSPS) is 15.1. The molecule has 0 aromatic carbocycles. The van der Waals surface area contributed by atoms with Crippen LogP contribution in [0.15, 0.2) is 12.2 Å². The summed E-state index contributed by atoms with van der Waals surface area (Å²) in [4.78, 5) is 11.8. The lowest BCUT2D eigenvalue weighted by atomic mass is 9.93. The Kier molecular flexibility index (Phi) is 5.81. The van der Waals surface area contributed by atoms with Gasteiger partial charge in [-0.3, -0.25) is 4.79 Å². The number of Topliss-reactive ketones (excluding diaryl/α,β-unsaturated/α-hetero) is 1. The summed E-state index contributed by atoms with van der Waals surface area (Å²) in [5.74, 6) is 0.625. The van der Waals surface area contributed by atoms with Gasteiger partial charge in [-0.2, -0.15) is 0 Å². The number of rotatable bonds is 7. The van der Waals surface area contributed by atoms with Gasteiger partial charge in [-0.15, -0.1) is 0 Å². The molecule has 2 nitrogen and oxygen atoms in total. The lowest BCUT2D eigenvalue weighted by molar-refractivity contribution is -0.139. The van der Waals surface area contributed by atoms with E-state index in [1.165, 1.54) is 0 Å². The fourth-order valence-electron chi connectivity index (χ4n) is 1.30. The number of carbonyl (C=O) groups is 1. The van der Waals surface area contributed by atoms with Crippen molar-refractivity contribution in [3.63, 3.8) is 0 Å².